The number of hydrogen-bond acceptors (Lipinski definition) is 3. The van der Waals surface area contributed by atoms with E-state index in [0.29, 0.717) is 16.1 Å². The van der Waals surface area contributed by atoms with Crippen LogP contribution in [0.25, 0.3) is 0 Å². The zero-order valence-corrected chi connectivity index (χ0v) is 17.9. The Balaban J connectivity index is 1.99. The van der Waals surface area contributed by atoms with Gasteiger partial charge in [-0.15, -0.1) is 11.6 Å². The lowest BCUT2D eigenvalue weighted by atomic mass is 9.98. The van der Waals surface area contributed by atoms with Crippen LogP contribution in [0.5, 0.6) is 0 Å². The number of sulfonamides is 1. The first kappa shape index (κ1) is 21.5. The summed E-state index contributed by atoms with van der Waals surface area (Å²) in [5.74, 6) is -0.443. The first-order chi connectivity index (χ1) is 13.8. The summed E-state index contributed by atoms with van der Waals surface area (Å²) in [5, 5.41) is -0.427. The number of nitrogens with one attached hydrogen (secondary N) is 1. The van der Waals surface area contributed by atoms with Crippen molar-refractivity contribution < 1.29 is 13.2 Å². The topological polar surface area (TPSA) is 63.2 Å². The van der Waals surface area contributed by atoms with E-state index in [2.05, 4.69) is 4.72 Å². The van der Waals surface area contributed by atoms with Gasteiger partial charge in [0.25, 0.3) is 0 Å². The van der Waals surface area contributed by atoms with Crippen LogP contribution in [0.15, 0.2) is 83.8 Å². The molecule has 29 heavy (non-hydrogen) atoms. The molecule has 1 N–H and O–H groups in total. The van der Waals surface area contributed by atoms with Crippen molar-refractivity contribution in [2.45, 2.75) is 23.2 Å². The Morgan fingerprint density at radius 3 is 2.07 bits per heavy atom. The number of benzene rings is 3. The van der Waals surface area contributed by atoms with Crippen molar-refractivity contribution in [1.29, 1.82) is 0 Å². The Morgan fingerprint density at radius 2 is 1.48 bits per heavy atom. The van der Waals surface area contributed by atoms with Gasteiger partial charge in [0.15, 0.2) is 5.78 Å². The van der Waals surface area contributed by atoms with Crippen molar-refractivity contribution in [2.24, 2.45) is 0 Å². The molecule has 0 bridgehead atoms. The molecule has 3 aromatic carbocycles. The van der Waals surface area contributed by atoms with Crippen LogP contribution in [0.3, 0.4) is 0 Å². The third-order valence-corrected chi connectivity index (χ3v) is 6.65. The molecule has 0 heterocycles. The second-order valence-electron chi connectivity index (χ2n) is 6.60. The third-order valence-electron chi connectivity index (χ3n) is 4.44. The second kappa shape index (κ2) is 9.09. The molecule has 4 nitrogen and oxygen atoms in total. The van der Waals surface area contributed by atoms with Gasteiger partial charge >= 0.3 is 0 Å². The Labute approximate surface area is 180 Å². The molecule has 3 aromatic rings. The van der Waals surface area contributed by atoms with E-state index in [9.17, 15) is 13.2 Å². The second-order valence-corrected chi connectivity index (χ2v) is 9.22. The van der Waals surface area contributed by atoms with E-state index in [1.807, 2.05) is 13.0 Å². The number of alkyl halides is 1. The van der Waals surface area contributed by atoms with Crippen LogP contribution in [0.1, 0.15) is 26.9 Å². The van der Waals surface area contributed by atoms with Crippen molar-refractivity contribution in [1.82, 2.24) is 4.72 Å². The highest BCUT2D eigenvalue weighted by atomic mass is 35.5. The van der Waals surface area contributed by atoms with Gasteiger partial charge in [-0.05, 0) is 48.9 Å². The zero-order valence-electron chi connectivity index (χ0n) is 15.5. The van der Waals surface area contributed by atoms with Crippen molar-refractivity contribution >= 4 is 39.0 Å². The monoisotopic (exact) mass is 447 g/mol. The molecule has 0 aromatic heterocycles. The maximum atomic E-state index is 13.2. The van der Waals surface area contributed by atoms with E-state index in [-0.39, 0.29) is 4.90 Å². The predicted molar refractivity (Wildman–Crippen MR) is 116 cm³/mol. The van der Waals surface area contributed by atoms with Crippen LogP contribution in [0.2, 0.25) is 5.02 Å². The molecule has 150 valence electrons. The molecule has 0 aliphatic carbocycles. The standard InChI is InChI=1S/C22H19Cl2NO3S/c1-15-7-13-19(14-8-15)29(27,28)25-21(20(24)16-5-3-2-4-6-16)22(26)17-9-11-18(23)12-10-17/h2-14,20-21,25H,1H3/t20-,21-/m0/s1. The first-order valence-corrected chi connectivity index (χ1v) is 11.2. The number of hydrogen-bond donors (Lipinski definition) is 1. The molecule has 0 spiro atoms. The largest absolute Gasteiger partial charge is 0.292 e. The van der Waals surface area contributed by atoms with E-state index >= 15 is 0 Å². The number of halogens is 2. The van der Waals surface area contributed by atoms with Crippen LogP contribution in [-0.2, 0) is 10.0 Å². The average Bonchev–Trinajstić information content (AvgIpc) is 2.72. The van der Waals surface area contributed by atoms with Crippen molar-refractivity contribution in [2.75, 3.05) is 0 Å². The normalized spacial score (nSPS) is 13.6. The number of ketones is 1. The molecule has 2 atom stereocenters. The maximum Gasteiger partial charge on any atom is 0.241 e. The predicted octanol–water partition coefficient (Wildman–Crippen LogP) is 5.16. The van der Waals surface area contributed by atoms with Gasteiger partial charge < -0.3 is 0 Å². The Morgan fingerprint density at radius 1 is 0.897 bits per heavy atom. The smallest absolute Gasteiger partial charge is 0.241 e. The maximum absolute atomic E-state index is 13.2. The van der Waals surface area contributed by atoms with E-state index in [4.69, 9.17) is 23.2 Å². The molecule has 0 aliphatic rings. The van der Waals surface area contributed by atoms with Gasteiger partial charge in [-0.25, -0.2) is 8.42 Å². The third kappa shape index (κ3) is 5.25. The lowest BCUT2D eigenvalue weighted by Gasteiger charge is -2.23. The van der Waals surface area contributed by atoms with E-state index in [1.54, 1.807) is 60.7 Å². The number of carbonyl (C=O) groups excluding carboxylic acids is 1. The number of aryl methyl sites for hydroxylation is 1. The SMILES string of the molecule is Cc1ccc(S(=O)(=O)N[C@H](C(=O)c2ccc(Cl)cc2)[C@@H](Cl)c2ccccc2)cc1. The molecule has 3 rings (SSSR count). The van der Waals surface area contributed by atoms with Gasteiger partial charge in [-0.3, -0.25) is 4.79 Å². The Hall–Kier alpha value is -2.18. The van der Waals surface area contributed by atoms with Gasteiger partial charge in [-0.1, -0.05) is 59.6 Å². The van der Waals surface area contributed by atoms with Crippen molar-refractivity contribution in [3.8, 4) is 0 Å². The fraction of sp³-hybridized carbons (Fsp3) is 0.136. The molecule has 7 heteroatoms. The van der Waals surface area contributed by atoms with Gasteiger partial charge in [-0.2, -0.15) is 4.72 Å². The number of rotatable bonds is 7. The van der Waals surface area contributed by atoms with Crippen molar-refractivity contribution in [3.63, 3.8) is 0 Å². The highest BCUT2D eigenvalue weighted by Gasteiger charge is 2.33. The molecule has 0 saturated heterocycles. The Bertz CT molecular complexity index is 1080. The lowest BCUT2D eigenvalue weighted by molar-refractivity contribution is 0.0951. The summed E-state index contributed by atoms with van der Waals surface area (Å²) >= 11 is 12.5. The molecular formula is C22H19Cl2NO3S. The summed E-state index contributed by atoms with van der Waals surface area (Å²) in [6, 6.07) is 20.3. The minimum atomic E-state index is -3.97. The zero-order chi connectivity index (χ0) is 21.0. The molecule has 0 aliphatic heterocycles. The first-order valence-electron chi connectivity index (χ1n) is 8.86. The fourth-order valence-corrected chi connectivity index (χ4v) is 4.55. The summed E-state index contributed by atoms with van der Waals surface area (Å²) in [5.41, 5.74) is 1.87. The molecule has 0 radical (unpaired) electrons. The quantitative estimate of drug-likeness (QED) is 0.401. The lowest BCUT2D eigenvalue weighted by Crippen LogP contribution is -2.43. The van der Waals surface area contributed by atoms with E-state index in [1.165, 1.54) is 12.1 Å². The summed E-state index contributed by atoms with van der Waals surface area (Å²) in [7, 11) is -3.97. The van der Waals surface area contributed by atoms with Crippen LogP contribution in [0, 0.1) is 6.92 Å². The van der Waals surface area contributed by atoms with Crippen LogP contribution in [-0.4, -0.2) is 20.2 Å². The van der Waals surface area contributed by atoms with Gasteiger partial charge in [0.05, 0.1) is 10.3 Å². The molecular weight excluding hydrogens is 429 g/mol. The van der Waals surface area contributed by atoms with Crippen LogP contribution >= 0.6 is 23.2 Å². The summed E-state index contributed by atoms with van der Waals surface area (Å²) in [6.07, 6.45) is 0. The fourth-order valence-electron chi connectivity index (χ4n) is 2.82. The highest BCUT2D eigenvalue weighted by Crippen LogP contribution is 2.28. The minimum Gasteiger partial charge on any atom is -0.292 e. The summed E-state index contributed by atoms with van der Waals surface area (Å²) < 4.78 is 28.4. The van der Waals surface area contributed by atoms with Crippen LogP contribution < -0.4 is 4.72 Å². The Kier molecular flexibility index (Phi) is 6.75. The molecule has 0 saturated carbocycles. The number of Topliss-reactive ketones (excluding diaryl/α,β-unsaturated/α-hetero) is 1. The molecule has 0 unspecified atom stereocenters. The van der Waals surface area contributed by atoms with Gasteiger partial charge in [0.1, 0.15) is 6.04 Å². The van der Waals surface area contributed by atoms with Gasteiger partial charge in [0, 0.05) is 10.6 Å². The minimum absolute atomic E-state index is 0.0638. The average molecular weight is 448 g/mol. The molecule has 0 amide bonds. The van der Waals surface area contributed by atoms with Gasteiger partial charge in [0.2, 0.25) is 10.0 Å². The highest BCUT2D eigenvalue weighted by molar-refractivity contribution is 7.89. The summed E-state index contributed by atoms with van der Waals surface area (Å²) in [6.45, 7) is 1.86. The van der Waals surface area contributed by atoms with Crippen molar-refractivity contribution in [3.05, 3.63) is 101 Å². The van der Waals surface area contributed by atoms with E-state index < -0.39 is 27.2 Å². The molecule has 0 fully saturated rings. The summed E-state index contributed by atoms with van der Waals surface area (Å²) in [4.78, 5) is 13.2. The van der Waals surface area contributed by atoms with E-state index in [0.717, 1.165) is 5.56 Å². The number of carbonyl (C=O) groups is 1. The van der Waals surface area contributed by atoms with Crippen LogP contribution in [0.4, 0.5) is 0 Å².